The largest absolute Gasteiger partial charge is 0.385 e. The van der Waals surface area contributed by atoms with Crippen LogP contribution in [-0.2, 0) is 0 Å². The maximum absolute atomic E-state index is 4.72. The molecule has 1 aliphatic rings. The fraction of sp³-hybridized carbons (Fsp3) is 0.562. The number of rotatable bonds is 6. The summed E-state index contributed by atoms with van der Waals surface area (Å²) in [7, 11) is 0. The fourth-order valence-corrected chi connectivity index (χ4v) is 2.41. The van der Waals surface area contributed by atoms with E-state index in [0.29, 0.717) is 0 Å². The van der Waals surface area contributed by atoms with Crippen LogP contribution in [0.5, 0.6) is 0 Å². The van der Waals surface area contributed by atoms with E-state index >= 15 is 0 Å². The third kappa shape index (κ3) is 6.54. The fourth-order valence-electron chi connectivity index (χ4n) is 2.41. The Morgan fingerprint density at radius 1 is 1.19 bits per heavy atom. The number of aliphatic imine (C=N–C) groups is 1. The summed E-state index contributed by atoms with van der Waals surface area (Å²) in [6.07, 6.45) is 3.64. The van der Waals surface area contributed by atoms with E-state index in [-0.39, 0.29) is 24.0 Å². The summed E-state index contributed by atoms with van der Waals surface area (Å²) in [5.41, 5.74) is 1.18. The van der Waals surface area contributed by atoms with Gasteiger partial charge in [-0.15, -0.1) is 24.0 Å². The third-order valence-corrected chi connectivity index (χ3v) is 3.44. The van der Waals surface area contributed by atoms with Gasteiger partial charge >= 0.3 is 0 Å². The summed E-state index contributed by atoms with van der Waals surface area (Å²) in [5.74, 6) is 1.09. The number of likely N-dealkylation sites (tertiary alicyclic amines) is 1. The lowest BCUT2D eigenvalue weighted by molar-refractivity contribution is 0.493. The SMILES string of the molecule is CCNC(=NCCCNc1ccccc1)N1CCCC1.I. The van der Waals surface area contributed by atoms with Crippen molar-refractivity contribution in [1.29, 1.82) is 0 Å². The molecule has 0 bridgehead atoms. The third-order valence-electron chi connectivity index (χ3n) is 3.44. The van der Waals surface area contributed by atoms with Gasteiger partial charge in [0.25, 0.3) is 0 Å². The Kier molecular flexibility index (Phi) is 9.21. The second kappa shape index (κ2) is 10.7. The number of guanidine groups is 1. The number of nitrogens with one attached hydrogen (secondary N) is 2. The van der Waals surface area contributed by atoms with E-state index < -0.39 is 0 Å². The molecule has 2 rings (SSSR count). The van der Waals surface area contributed by atoms with Crippen molar-refractivity contribution < 1.29 is 0 Å². The van der Waals surface area contributed by atoms with Crippen molar-refractivity contribution in [3.05, 3.63) is 30.3 Å². The Labute approximate surface area is 145 Å². The highest BCUT2D eigenvalue weighted by Gasteiger charge is 2.14. The standard InChI is InChI=1S/C16H26N4.HI/c1-2-17-16(20-13-6-7-14-20)19-12-8-11-18-15-9-4-3-5-10-15;/h3-5,9-10,18H,2,6-8,11-14H2,1H3,(H,17,19);1H. The number of halogens is 1. The van der Waals surface area contributed by atoms with E-state index in [4.69, 9.17) is 4.99 Å². The zero-order valence-electron chi connectivity index (χ0n) is 12.8. The van der Waals surface area contributed by atoms with Gasteiger partial charge in [-0.2, -0.15) is 0 Å². The first-order valence-electron chi connectivity index (χ1n) is 7.72. The van der Waals surface area contributed by atoms with Crippen molar-refractivity contribution in [3.8, 4) is 0 Å². The molecule has 1 heterocycles. The first-order valence-corrected chi connectivity index (χ1v) is 7.72. The van der Waals surface area contributed by atoms with E-state index in [1.807, 2.05) is 6.07 Å². The molecule has 21 heavy (non-hydrogen) atoms. The minimum Gasteiger partial charge on any atom is -0.385 e. The quantitative estimate of drug-likeness (QED) is 0.332. The molecule has 0 aromatic heterocycles. The number of benzene rings is 1. The smallest absolute Gasteiger partial charge is 0.193 e. The first kappa shape index (κ1) is 18.1. The van der Waals surface area contributed by atoms with Crippen molar-refractivity contribution in [2.75, 3.05) is 38.0 Å². The van der Waals surface area contributed by atoms with E-state index in [0.717, 1.165) is 45.1 Å². The Morgan fingerprint density at radius 2 is 1.90 bits per heavy atom. The molecule has 0 radical (unpaired) electrons. The molecule has 1 saturated heterocycles. The zero-order valence-corrected chi connectivity index (χ0v) is 15.2. The number of nitrogens with zero attached hydrogens (tertiary/aromatic N) is 2. The van der Waals surface area contributed by atoms with Gasteiger partial charge in [0, 0.05) is 38.4 Å². The maximum Gasteiger partial charge on any atom is 0.193 e. The summed E-state index contributed by atoms with van der Waals surface area (Å²) in [6, 6.07) is 10.3. The van der Waals surface area contributed by atoms with Gasteiger partial charge in [0.1, 0.15) is 0 Å². The normalized spacial score (nSPS) is 14.7. The van der Waals surface area contributed by atoms with E-state index in [1.165, 1.54) is 18.5 Å². The van der Waals surface area contributed by atoms with Gasteiger partial charge in [0.15, 0.2) is 5.96 Å². The monoisotopic (exact) mass is 402 g/mol. The lowest BCUT2D eigenvalue weighted by Crippen LogP contribution is -2.39. The highest BCUT2D eigenvalue weighted by molar-refractivity contribution is 14.0. The predicted molar refractivity (Wildman–Crippen MR) is 102 cm³/mol. The highest BCUT2D eigenvalue weighted by atomic mass is 127. The minimum atomic E-state index is 0. The molecule has 0 spiro atoms. The van der Waals surface area contributed by atoms with Crippen LogP contribution in [0.2, 0.25) is 0 Å². The van der Waals surface area contributed by atoms with Crippen LogP contribution >= 0.6 is 24.0 Å². The van der Waals surface area contributed by atoms with Gasteiger partial charge in [-0.3, -0.25) is 4.99 Å². The maximum atomic E-state index is 4.72. The van der Waals surface area contributed by atoms with Crippen LogP contribution < -0.4 is 10.6 Å². The summed E-state index contributed by atoms with van der Waals surface area (Å²) in [6.45, 7) is 7.20. The molecule has 0 aliphatic carbocycles. The molecule has 0 saturated carbocycles. The van der Waals surface area contributed by atoms with Crippen molar-refractivity contribution in [2.45, 2.75) is 26.2 Å². The Bertz CT molecular complexity index is 402. The van der Waals surface area contributed by atoms with Gasteiger partial charge in [0.2, 0.25) is 0 Å². The molecule has 1 fully saturated rings. The van der Waals surface area contributed by atoms with Gasteiger partial charge in [0.05, 0.1) is 0 Å². The van der Waals surface area contributed by atoms with Crippen molar-refractivity contribution >= 4 is 35.6 Å². The zero-order chi connectivity index (χ0) is 14.0. The molecule has 118 valence electrons. The van der Waals surface area contributed by atoms with Gasteiger partial charge in [-0.1, -0.05) is 18.2 Å². The van der Waals surface area contributed by atoms with Gasteiger partial charge < -0.3 is 15.5 Å². The number of anilines is 1. The van der Waals surface area contributed by atoms with Crippen LogP contribution in [0.1, 0.15) is 26.2 Å². The average Bonchev–Trinajstić information content (AvgIpc) is 3.01. The molecule has 0 amide bonds. The number of para-hydroxylation sites is 1. The molecule has 0 unspecified atom stereocenters. The van der Waals surface area contributed by atoms with E-state index in [2.05, 4.69) is 46.7 Å². The number of hydrogen-bond donors (Lipinski definition) is 2. The molecular weight excluding hydrogens is 375 g/mol. The average molecular weight is 402 g/mol. The Balaban J connectivity index is 0.00000220. The molecule has 0 atom stereocenters. The lowest BCUT2D eigenvalue weighted by Gasteiger charge is -2.20. The van der Waals surface area contributed by atoms with Gasteiger partial charge in [-0.25, -0.2) is 0 Å². The summed E-state index contributed by atoms with van der Waals surface area (Å²) >= 11 is 0. The lowest BCUT2D eigenvalue weighted by atomic mass is 10.3. The van der Waals surface area contributed by atoms with Crippen LogP contribution in [0.25, 0.3) is 0 Å². The van der Waals surface area contributed by atoms with E-state index in [1.54, 1.807) is 0 Å². The van der Waals surface area contributed by atoms with Crippen LogP contribution in [-0.4, -0.2) is 43.6 Å². The summed E-state index contributed by atoms with van der Waals surface area (Å²) < 4.78 is 0. The highest BCUT2D eigenvalue weighted by Crippen LogP contribution is 2.08. The molecule has 2 N–H and O–H groups in total. The number of hydrogen-bond acceptors (Lipinski definition) is 2. The molecular formula is C16H27IN4. The van der Waals surface area contributed by atoms with Crippen molar-refractivity contribution in [1.82, 2.24) is 10.2 Å². The van der Waals surface area contributed by atoms with Crippen LogP contribution in [0.4, 0.5) is 5.69 Å². The van der Waals surface area contributed by atoms with Crippen molar-refractivity contribution in [2.24, 2.45) is 4.99 Å². The minimum absolute atomic E-state index is 0. The van der Waals surface area contributed by atoms with Crippen LogP contribution in [0.15, 0.2) is 35.3 Å². The molecule has 1 aliphatic heterocycles. The van der Waals surface area contributed by atoms with Crippen LogP contribution in [0, 0.1) is 0 Å². The topological polar surface area (TPSA) is 39.7 Å². The predicted octanol–water partition coefficient (Wildman–Crippen LogP) is 3.17. The van der Waals surface area contributed by atoms with E-state index in [9.17, 15) is 0 Å². The summed E-state index contributed by atoms with van der Waals surface area (Å²) in [4.78, 5) is 7.09. The van der Waals surface area contributed by atoms with Gasteiger partial charge in [-0.05, 0) is 38.3 Å². The summed E-state index contributed by atoms with van der Waals surface area (Å²) in [5, 5.41) is 6.81. The molecule has 5 heteroatoms. The Hall–Kier alpha value is -0.980. The second-order valence-corrected chi connectivity index (χ2v) is 5.08. The van der Waals surface area contributed by atoms with Crippen molar-refractivity contribution in [3.63, 3.8) is 0 Å². The molecule has 1 aromatic rings. The first-order chi connectivity index (χ1) is 9.90. The van der Waals surface area contributed by atoms with Crippen LogP contribution in [0.3, 0.4) is 0 Å². The molecule has 4 nitrogen and oxygen atoms in total. The second-order valence-electron chi connectivity index (χ2n) is 5.08. The molecule has 1 aromatic carbocycles. The Morgan fingerprint density at radius 3 is 2.57 bits per heavy atom.